The number of ketones is 1. The number of pyridine rings is 2. The first-order valence-corrected chi connectivity index (χ1v) is 14.0. The summed E-state index contributed by atoms with van der Waals surface area (Å²) in [5.41, 5.74) is 2.96. The second-order valence-electron chi connectivity index (χ2n) is 10.0. The molecule has 1 radical (unpaired) electrons. The van der Waals surface area contributed by atoms with Crippen LogP contribution >= 0.6 is 0 Å². The summed E-state index contributed by atoms with van der Waals surface area (Å²) in [6.45, 7) is 14.1. The zero-order valence-corrected chi connectivity index (χ0v) is 27.1. The van der Waals surface area contributed by atoms with Crippen molar-refractivity contribution in [3.8, 4) is 11.6 Å². The Morgan fingerprint density at radius 1 is 0.950 bits per heavy atom. The number of aryl methyl sites for hydroxylation is 3. The van der Waals surface area contributed by atoms with Gasteiger partial charge in [-0.15, -0.1) is 6.07 Å². The molecule has 0 aliphatic heterocycles. The largest absolute Gasteiger partial charge is 0.512 e. The quantitative estimate of drug-likeness (QED) is 0.0810. The van der Waals surface area contributed by atoms with E-state index in [1.807, 2.05) is 53.7 Å². The second-order valence-corrected chi connectivity index (χ2v) is 10.0. The summed E-state index contributed by atoms with van der Waals surface area (Å²) < 4.78 is 6.04. The zero-order valence-electron chi connectivity index (χ0n) is 24.7. The maximum Gasteiger partial charge on any atom is 0.223 e. The molecule has 0 spiro atoms. The summed E-state index contributed by atoms with van der Waals surface area (Å²) in [5, 5.41) is 14.4. The molecule has 0 aliphatic carbocycles. The normalized spacial score (nSPS) is 11.4. The Bertz CT molecular complexity index is 1440. The van der Waals surface area contributed by atoms with E-state index in [4.69, 9.17) is 4.74 Å². The van der Waals surface area contributed by atoms with Gasteiger partial charge in [0.15, 0.2) is 5.78 Å². The van der Waals surface area contributed by atoms with Crippen molar-refractivity contribution in [2.24, 2.45) is 11.8 Å². The number of aliphatic hydroxyl groups is 1. The number of allylic oxidation sites excluding steroid dienone is 2. The molecule has 40 heavy (non-hydrogen) atoms. The van der Waals surface area contributed by atoms with Crippen LogP contribution in [0.2, 0.25) is 0 Å². The topological polar surface area (TPSA) is 72.3 Å². The molecule has 4 aromatic rings. The van der Waals surface area contributed by atoms with Crippen molar-refractivity contribution in [1.82, 2.24) is 9.97 Å². The Morgan fingerprint density at radius 3 is 2.25 bits per heavy atom. The number of rotatable bonds is 9. The fraction of sp³-hybridized carbons (Fsp3) is 0.382. The Labute approximate surface area is 252 Å². The number of carbonyl (C=O) groups excluding carboxylic acids is 1. The van der Waals surface area contributed by atoms with Crippen molar-refractivity contribution in [2.75, 3.05) is 0 Å². The number of fused-ring (bicyclic) bond motifs is 3. The summed E-state index contributed by atoms with van der Waals surface area (Å²) in [7, 11) is 0. The number of aromatic nitrogens is 2. The molecule has 0 atom stereocenters. The molecule has 0 unspecified atom stereocenters. The van der Waals surface area contributed by atoms with Crippen LogP contribution < -0.4 is 4.74 Å². The third-order valence-electron chi connectivity index (χ3n) is 7.23. The maximum absolute atomic E-state index is 11.7. The first kappa shape index (κ1) is 33.1. The van der Waals surface area contributed by atoms with Gasteiger partial charge < -0.3 is 9.84 Å². The minimum Gasteiger partial charge on any atom is -0.512 e. The van der Waals surface area contributed by atoms with Gasteiger partial charge in [0.25, 0.3) is 0 Å². The third kappa shape index (κ3) is 8.22. The van der Waals surface area contributed by atoms with Gasteiger partial charge in [0.05, 0.1) is 5.76 Å². The van der Waals surface area contributed by atoms with E-state index in [0.717, 1.165) is 47.8 Å². The number of aliphatic hydroxyl groups excluding tert-OH is 1. The van der Waals surface area contributed by atoms with Crippen LogP contribution in [-0.2, 0) is 24.9 Å². The summed E-state index contributed by atoms with van der Waals surface area (Å²) >= 11 is 0. The van der Waals surface area contributed by atoms with E-state index >= 15 is 0 Å². The first-order valence-electron chi connectivity index (χ1n) is 14.0. The zero-order chi connectivity index (χ0) is 28.5. The van der Waals surface area contributed by atoms with Gasteiger partial charge in [-0.3, -0.25) is 9.78 Å². The smallest absolute Gasteiger partial charge is 0.223 e. The summed E-state index contributed by atoms with van der Waals surface area (Å²) in [5.74, 6) is 1.79. The Morgan fingerprint density at radius 2 is 1.62 bits per heavy atom. The van der Waals surface area contributed by atoms with Gasteiger partial charge in [0, 0.05) is 49.6 Å². The van der Waals surface area contributed by atoms with Crippen LogP contribution in [0.15, 0.2) is 60.5 Å². The van der Waals surface area contributed by atoms with E-state index in [2.05, 4.69) is 53.3 Å². The van der Waals surface area contributed by atoms with E-state index in [1.165, 1.54) is 22.4 Å². The third-order valence-corrected chi connectivity index (χ3v) is 7.23. The first-order chi connectivity index (χ1) is 18.7. The van der Waals surface area contributed by atoms with Crippen molar-refractivity contribution in [3.05, 3.63) is 83.5 Å². The molecular formula is C34H41IrN2O3-. The SMILES string of the molecule is CCC(CC)C(=O)/C=C(\O)C(CC)CC.Cc1[c-]c(Oc2nccc3c2ccc2cccc(C)c23)cc(C)n1.[Ir]. The van der Waals surface area contributed by atoms with Crippen LogP contribution in [0.25, 0.3) is 21.5 Å². The standard InChI is InChI=1S/C21H17N2O.C13H24O2.Ir/c1-13-5-4-6-16-7-8-19-18(20(13)16)9-10-22-21(19)24-17-11-14(2)23-15(3)12-17;1-5-10(6-2)12(14)9-13(15)11(7-3)8-4;/h4-11H,1-3H3;9-11,14H,5-8H2,1-4H3;/q-1;;/b;12-9-;. The van der Waals surface area contributed by atoms with Crippen molar-refractivity contribution in [3.63, 3.8) is 0 Å². The van der Waals surface area contributed by atoms with Gasteiger partial charge in [-0.1, -0.05) is 57.7 Å². The van der Waals surface area contributed by atoms with Gasteiger partial charge in [-0.25, -0.2) is 4.98 Å². The number of hydrogen-bond acceptors (Lipinski definition) is 5. The van der Waals surface area contributed by atoms with Gasteiger partial charge >= 0.3 is 0 Å². The molecule has 2 aromatic carbocycles. The number of hydrogen-bond donors (Lipinski definition) is 1. The molecule has 2 aromatic heterocycles. The van der Waals surface area contributed by atoms with Gasteiger partial charge in [-0.05, 0) is 91.8 Å². The van der Waals surface area contributed by atoms with Crippen LogP contribution in [0, 0.1) is 38.7 Å². The van der Waals surface area contributed by atoms with Gasteiger partial charge in [0.1, 0.15) is 0 Å². The molecule has 4 rings (SSSR count). The van der Waals surface area contributed by atoms with Crippen molar-refractivity contribution < 1.29 is 34.7 Å². The number of ether oxygens (including phenoxy) is 1. The molecule has 0 fully saturated rings. The second kappa shape index (κ2) is 15.6. The van der Waals surface area contributed by atoms with Crippen molar-refractivity contribution in [2.45, 2.75) is 74.1 Å². The van der Waals surface area contributed by atoms with Crippen LogP contribution in [0.5, 0.6) is 11.6 Å². The Kier molecular flexibility index (Phi) is 13.0. The molecule has 0 saturated carbocycles. The molecular weight excluding hydrogens is 677 g/mol. The summed E-state index contributed by atoms with van der Waals surface area (Å²) in [6.07, 6.45) is 6.70. The monoisotopic (exact) mass is 718 g/mol. The molecule has 215 valence electrons. The molecule has 1 N–H and O–H groups in total. The van der Waals surface area contributed by atoms with E-state index in [1.54, 1.807) is 6.20 Å². The van der Waals surface area contributed by atoms with E-state index in [9.17, 15) is 9.90 Å². The molecule has 5 nitrogen and oxygen atoms in total. The van der Waals surface area contributed by atoms with E-state index in [-0.39, 0.29) is 43.5 Å². The number of nitrogens with zero attached hydrogens (tertiary/aromatic N) is 2. The van der Waals surface area contributed by atoms with Crippen LogP contribution in [-0.4, -0.2) is 20.9 Å². The van der Waals surface area contributed by atoms with Crippen LogP contribution in [0.4, 0.5) is 0 Å². The fourth-order valence-corrected chi connectivity index (χ4v) is 4.95. The minimum atomic E-state index is 0. The Hall–Kier alpha value is -3.08. The molecule has 0 saturated heterocycles. The summed E-state index contributed by atoms with van der Waals surface area (Å²) in [4.78, 5) is 20.5. The van der Waals surface area contributed by atoms with E-state index < -0.39 is 0 Å². The molecule has 2 heterocycles. The van der Waals surface area contributed by atoms with Crippen molar-refractivity contribution in [1.29, 1.82) is 0 Å². The Balaban J connectivity index is 0.000000307. The average molecular weight is 718 g/mol. The predicted molar refractivity (Wildman–Crippen MR) is 160 cm³/mol. The predicted octanol–water partition coefficient (Wildman–Crippen LogP) is 9.17. The molecule has 6 heteroatoms. The van der Waals surface area contributed by atoms with Crippen LogP contribution in [0.3, 0.4) is 0 Å². The summed E-state index contributed by atoms with van der Waals surface area (Å²) in [6, 6.07) is 17.6. The van der Waals surface area contributed by atoms with Crippen LogP contribution in [0.1, 0.15) is 70.3 Å². The molecule has 0 bridgehead atoms. The van der Waals surface area contributed by atoms with Crippen molar-refractivity contribution >= 4 is 27.3 Å². The minimum absolute atomic E-state index is 0. The molecule has 0 aliphatic rings. The number of benzene rings is 2. The van der Waals surface area contributed by atoms with Gasteiger partial charge in [-0.2, -0.15) is 6.07 Å². The molecule has 0 amide bonds. The van der Waals surface area contributed by atoms with E-state index in [0.29, 0.717) is 11.6 Å². The average Bonchev–Trinajstić information content (AvgIpc) is 2.90. The maximum atomic E-state index is 11.7. The van der Waals surface area contributed by atoms with Gasteiger partial charge in [0.2, 0.25) is 5.88 Å². The fourth-order valence-electron chi connectivity index (χ4n) is 4.95. The number of carbonyl (C=O) groups is 1.